The maximum atomic E-state index is 5.79. The van der Waals surface area contributed by atoms with E-state index in [1.807, 2.05) is 18.3 Å². The van der Waals surface area contributed by atoms with Gasteiger partial charge in [0, 0.05) is 23.6 Å². The number of aromatic nitrogens is 2. The van der Waals surface area contributed by atoms with Gasteiger partial charge in [0.1, 0.15) is 0 Å². The zero-order chi connectivity index (χ0) is 22.3. The maximum absolute atomic E-state index is 5.79. The molecule has 3 aromatic rings. The van der Waals surface area contributed by atoms with E-state index in [1.165, 1.54) is 33.8 Å². The molecule has 0 bridgehead atoms. The van der Waals surface area contributed by atoms with Crippen LogP contribution in [0, 0.1) is 20.8 Å². The molecule has 1 aliphatic rings. The summed E-state index contributed by atoms with van der Waals surface area (Å²) in [5.41, 5.74) is 8.82. The molecule has 1 fully saturated rings. The van der Waals surface area contributed by atoms with Crippen molar-refractivity contribution in [3.05, 3.63) is 82.4 Å². The van der Waals surface area contributed by atoms with Crippen LogP contribution in [-0.2, 0) is 6.42 Å². The smallest absolute Gasteiger partial charge is 0.170 e. The SMILES string of the molecule is CCc1cccc(C)c1-n1c(C)cc([C@@H]2[C@H](c3ccccn3)NC(=S)N2C(C)C)c1C. The van der Waals surface area contributed by atoms with Crippen LogP contribution in [0.15, 0.2) is 48.7 Å². The molecule has 0 saturated carbocycles. The Hall–Kier alpha value is -2.66. The number of nitrogens with zero attached hydrogens (tertiary/aromatic N) is 3. The van der Waals surface area contributed by atoms with Crippen LogP contribution in [0.1, 0.15) is 66.6 Å². The second kappa shape index (κ2) is 8.46. The van der Waals surface area contributed by atoms with E-state index in [1.54, 1.807) is 0 Å². The van der Waals surface area contributed by atoms with Crippen molar-refractivity contribution in [2.45, 2.75) is 66.1 Å². The Morgan fingerprint density at radius 3 is 2.52 bits per heavy atom. The number of aryl methyl sites for hydroxylation is 3. The molecule has 0 aliphatic carbocycles. The number of nitrogens with one attached hydrogen (secondary N) is 1. The molecule has 1 aromatic carbocycles. The number of para-hydroxylation sites is 1. The fraction of sp³-hybridized carbons (Fsp3) is 0.385. The molecule has 4 nitrogen and oxygen atoms in total. The lowest BCUT2D eigenvalue weighted by molar-refractivity contribution is 0.269. The molecule has 0 amide bonds. The first-order valence-corrected chi connectivity index (χ1v) is 11.5. The van der Waals surface area contributed by atoms with E-state index in [0.717, 1.165) is 17.2 Å². The number of rotatable bonds is 5. The third kappa shape index (κ3) is 3.65. The van der Waals surface area contributed by atoms with Crippen molar-refractivity contribution in [3.63, 3.8) is 0 Å². The zero-order valence-electron chi connectivity index (χ0n) is 19.3. The molecule has 1 aliphatic heterocycles. The first-order valence-electron chi connectivity index (χ1n) is 11.1. The van der Waals surface area contributed by atoms with Crippen molar-refractivity contribution in [3.8, 4) is 5.69 Å². The Morgan fingerprint density at radius 1 is 1.10 bits per heavy atom. The second-order valence-electron chi connectivity index (χ2n) is 8.73. The average Bonchev–Trinajstić information content (AvgIpc) is 3.24. The van der Waals surface area contributed by atoms with Crippen LogP contribution in [0.5, 0.6) is 0 Å². The van der Waals surface area contributed by atoms with Crippen LogP contribution < -0.4 is 5.32 Å². The lowest BCUT2D eigenvalue weighted by atomic mass is 9.96. The van der Waals surface area contributed by atoms with Crippen LogP contribution in [-0.4, -0.2) is 25.6 Å². The van der Waals surface area contributed by atoms with Gasteiger partial charge in [0.15, 0.2) is 5.11 Å². The summed E-state index contributed by atoms with van der Waals surface area (Å²) >= 11 is 5.79. The molecule has 31 heavy (non-hydrogen) atoms. The van der Waals surface area contributed by atoms with Crippen molar-refractivity contribution < 1.29 is 0 Å². The molecule has 0 spiro atoms. The van der Waals surface area contributed by atoms with Crippen LogP contribution in [0.4, 0.5) is 0 Å². The Bertz CT molecular complexity index is 1100. The molecule has 0 unspecified atom stereocenters. The maximum Gasteiger partial charge on any atom is 0.170 e. The van der Waals surface area contributed by atoms with Crippen molar-refractivity contribution in [2.75, 3.05) is 0 Å². The molecule has 0 radical (unpaired) electrons. The molecule has 4 rings (SSSR count). The van der Waals surface area contributed by atoms with Crippen molar-refractivity contribution in [1.82, 2.24) is 19.8 Å². The summed E-state index contributed by atoms with van der Waals surface area (Å²) < 4.78 is 2.43. The minimum Gasteiger partial charge on any atom is -0.352 e. The monoisotopic (exact) mass is 432 g/mol. The second-order valence-corrected chi connectivity index (χ2v) is 9.11. The van der Waals surface area contributed by atoms with Gasteiger partial charge in [-0.2, -0.15) is 0 Å². The van der Waals surface area contributed by atoms with Gasteiger partial charge in [0.05, 0.1) is 23.5 Å². The molecule has 1 N–H and O–H groups in total. The van der Waals surface area contributed by atoms with Gasteiger partial charge in [-0.1, -0.05) is 31.2 Å². The third-order valence-electron chi connectivity index (χ3n) is 6.41. The van der Waals surface area contributed by atoms with Crippen molar-refractivity contribution >= 4 is 17.3 Å². The largest absolute Gasteiger partial charge is 0.352 e. The van der Waals surface area contributed by atoms with E-state index in [0.29, 0.717) is 0 Å². The Kier molecular flexibility index (Phi) is 5.89. The minimum atomic E-state index is 0.0209. The molecular formula is C26H32N4S. The fourth-order valence-corrected chi connectivity index (χ4v) is 5.46. The lowest BCUT2D eigenvalue weighted by Gasteiger charge is -2.31. The van der Waals surface area contributed by atoms with Gasteiger partial charge in [-0.3, -0.25) is 4.98 Å². The van der Waals surface area contributed by atoms with E-state index in [2.05, 4.69) is 91.6 Å². The Morgan fingerprint density at radius 2 is 1.87 bits per heavy atom. The number of hydrogen-bond donors (Lipinski definition) is 1. The number of pyridine rings is 1. The van der Waals surface area contributed by atoms with Crippen LogP contribution in [0.25, 0.3) is 5.69 Å². The van der Waals surface area contributed by atoms with E-state index >= 15 is 0 Å². The highest BCUT2D eigenvalue weighted by Crippen LogP contribution is 2.42. The van der Waals surface area contributed by atoms with Crippen LogP contribution in [0.3, 0.4) is 0 Å². The van der Waals surface area contributed by atoms with Crippen LogP contribution >= 0.6 is 12.2 Å². The molecule has 3 heterocycles. The molecule has 1 saturated heterocycles. The quantitative estimate of drug-likeness (QED) is 0.521. The van der Waals surface area contributed by atoms with Gasteiger partial charge in [-0.15, -0.1) is 0 Å². The summed E-state index contributed by atoms with van der Waals surface area (Å²) in [6, 6.07) is 15.4. The highest BCUT2D eigenvalue weighted by Gasteiger charge is 2.42. The summed E-state index contributed by atoms with van der Waals surface area (Å²) in [5.74, 6) is 0. The number of thiocarbonyl (C=S) groups is 1. The first-order chi connectivity index (χ1) is 14.8. The first kappa shape index (κ1) is 21.6. The molecular weight excluding hydrogens is 400 g/mol. The summed E-state index contributed by atoms with van der Waals surface area (Å²) in [4.78, 5) is 7.00. The van der Waals surface area contributed by atoms with Gasteiger partial charge < -0.3 is 14.8 Å². The van der Waals surface area contributed by atoms with E-state index in [-0.39, 0.29) is 18.1 Å². The van der Waals surface area contributed by atoms with Gasteiger partial charge in [-0.25, -0.2) is 0 Å². The molecule has 5 heteroatoms. The summed E-state index contributed by atoms with van der Waals surface area (Å²) in [6.45, 7) is 13.3. The summed E-state index contributed by atoms with van der Waals surface area (Å²) in [6.07, 6.45) is 2.87. The van der Waals surface area contributed by atoms with E-state index in [9.17, 15) is 0 Å². The lowest BCUT2D eigenvalue weighted by Crippen LogP contribution is -2.35. The minimum absolute atomic E-state index is 0.0209. The van der Waals surface area contributed by atoms with Crippen molar-refractivity contribution in [1.29, 1.82) is 0 Å². The van der Waals surface area contributed by atoms with Gasteiger partial charge in [0.2, 0.25) is 0 Å². The predicted octanol–water partition coefficient (Wildman–Crippen LogP) is 5.74. The standard InChI is InChI=1S/C26H32N4S/c1-7-20-12-10-11-17(4)24(20)30-18(5)15-21(19(30)6)25-23(22-13-8-9-14-27-22)28-26(31)29(25)16(2)3/h8-16,23,25H,7H2,1-6H3,(H,28,31)/t23-,25+/m0/s1. The summed E-state index contributed by atoms with van der Waals surface area (Å²) in [5, 5.41) is 4.36. The van der Waals surface area contributed by atoms with Crippen LogP contribution in [0.2, 0.25) is 0 Å². The topological polar surface area (TPSA) is 33.1 Å². The highest BCUT2D eigenvalue weighted by molar-refractivity contribution is 7.80. The van der Waals surface area contributed by atoms with Gasteiger partial charge >= 0.3 is 0 Å². The predicted molar refractivity (Wildman–Crippen MR) is 132 cm³/mol. The fourth-order valence-electron chi connectivity index (χ4n) is 5.01. The summed E-state index contributed by atoms with van der Waals surface area (Å²) in [7, 11) is 0. The van der Waals surface area contributed by atoms with Crippen molar-refractivity contribution in [2.24, 2.45) is 0 Å². The zero-order valence-corrected chi connectivity index (χ0v) is 20.1. The average molecular weight is 433 g/mol. The normalized spacial score (nSPS) is 18.7. The van der Waals surface area contributed by atoms with Gasteiger partial charge in [0.25, 0.3) is 0 Å². The highest BCUT2D eigenvalue weighted by atomic mass is 32.1. The number of hydrogen-bond acceptors (Lipinski definition) is 2. The number of benzene rings is 1. The third-order valence-corrected chi connectivity index (χ3v) is 6.74. The van der Waals surface area contributed by atoms with E-state index < -0.39 is 0 Å². The van der Waals surface area contributed by atoms with Gasteiger partial charge in [-0.05, 0) is 88.1 Å². The van der Waals surface area contributed by atoms with E-state index in [4.69, 9.17) is 12.2 Å². The molecule has 2 aromatic heterocycles. The Labute approximate surface area is 191 Å². The molecule has 162 valence electrons. The molecule has 2 atom stereocenters. The Balaban J connectivity index is 1.90.